The van der Waals surface area contributed by atoms with Gasteiger partial charge >= 0.3 is 0 Å². The normalized spacial score (nSPS) is 13.8. The zero-order valence-corrected chi connectivity index (χ0v) is 15.4. The topological polar surface area (TPSA) is 79.5 Å². The molecule has 4 N–H and O–H groups in total. The Kier molecular flexibility index (Phi) is 8.22. The number of halogens is 1. The average molecular weight is 416 g/mol. The van der Waals surface area contributed by atoms with Crippen molar-refractivity contribution in [1.29, 1.82) is 0 Å². The van der Waals surface area contributed by atoms with Gasteiger partial charge in [0.15, 0.2) is 5.96 Å². The van der Waals surface area contributed by atoms with Crippen LogP contribution in [0.15, 0.2) is 23.2 Å². The first-order valence-corrected chi connectivity index (χ1v) is 7.65. The summed E-state index contributed by atoms with van der Waals surface area (Å²) in [6, 6.07) is 6.22. The number of anilines is 1. The molecule has 1 aromatic carbocycles. The molecule has 6 heteroatoms. The van der Waals surface area contributed by atoms with Gasteiger partial charge in [-0.25, -0.2) is 4.99 Å². The summed E-state index contributed by atoms with van der Waals surface area (Å²) in [4.78, 5) is 15.6. The number of carbonyl (C=O) groups excluding carboxylic acids is 1. The third-order valence-electron chi connectivity index (χ3n) is 3.62. The number of nitrogens with zero attached hydrogens (tertiary/aromatic N) is 1. The molecule has 0 fully saturated rings. The van der Waals surface area contributed by atoms with Gasteiger partial charge in [0.05, 0.1) is 0 Å². The first-order valence-electron chi connectivity index (χ1n) is 7.65. The summed E-state index contributed by atoms with van der Waals surface area (Å²) in [6.45, 7) is 2.75. The average Bonchev–Trinajstić information content (AvgIpc) is 2.51. The lowest BCUT2D eigenvalue weighted by Crippen LogP contribution is -2.29. The van der Waals surface area contributed by atoms with E-state index in [1.54, 1.807) is 0 Å². The van der Waals surface area contributed by atoms with Gasteiger partial charge in [-0.05, 0) is 49.3 Å². The Morgan fingerprint density at radius 3 is 2.86 bits per heavy atom. The lowest BCUT2D eigenvalue weighted by molar-refractivity contribution is -0.119. The Morgan fingerprint density at radius 1 is 1.32 bits per heavy atom. The highest BCUT2D eigenvalue weighted by molar-refractivity contribution is 14.0. The fourth-order valence-corrected chi connectivity index (χ4v) is 2.55. The van der Waals surface area contributed by atoms with Gasteiger partial charge in [0.1, 0.15) is 6.54 Å². The highest BCUT2D eigenvalue weighted by Gasteiger charge is 2.13. The maximum atomic E-state index is 11.5. The van der Waals surface area contributed by atoms with E-state index in [2.05, 4.69) is 21.7 Å². The van der Waals surface area contributed by atoms with Crippen LogP contribution in [0, 0.1) is 0 Å². The van der Waals surface area contributed by atoms with Gasteiger partial charge in [-0.15, -0.1) is 24.0 Å². The van der Waals surface area contributed by atoms with Crippen molar-refractivity contribution in [3.05, 3.63) is 29.3 Å². The number of guanidine groups is 1. The van der Waals surface area contributed by atoms with Crippen molar-refractivity contribution in [3.8, 4) is 0 Å². The van der Waals surface area contributed by atoms with Crippen LogP contribution >= 0.6 is 24.0 Å². The number of hydrogen-bond acceptors (Lipinski definition) is 2. The molecule has 0 radical (unpaired) electrons. The van der Waals surface area contributed by atoms with E-state index in [1.807, 2.05) is 19.1 Å². The van der Waals surface area contributed by atoms with E-state index >= 15 is 0 Å². The SMILES string of the molecule is CCCNC(=O)CN=C(N)Nc1cccc2c1CCCC2.I. The molecular formula is C16H25IN4O. The summed E-state index contributed by atoms with van der Waals surface area (Å²) in [5.74, 6) is 0.192. The van der Waals surface area contributed by atoms with Crippen molar-refractivity contribution in [2.45, 2.75) is 39.0 Å². The van der Waals surface area contributed by atoms with Crippen molar-refractivity contribution in [1.82, 2.24) is 5.32 Å². The Morgan fingerprint density at radius 2 is 2.09 bits per heavy atom. The second-order valence-electron chi connectivity index (χ2n) is 5.33. The van der Waals surface area contributed by atoms with E-state index in [0.29, 0.717) is 12.5 Å². The van der Waals surface area contributed by atoms with Crippen molar-refractivity contribution < 1.29 is 4.79 Å². The summed E-state index contributed by atoms with van der Waals surface area (Å²) in [6.07, 6.45) is 5.57. The summed E-state index contributed by atoms with van der Waals surface area (Å²) >= 11 is 0. The van der Waals surface area contributed by atoms with Crippen LogP contribution < -0.4 is 16.4 Å². The molecule has 0 heterocycles. The third-order valence-corrected chi connectivity index (χ3v) is 3.62. The van der Waals surface area contributed by atoms with Gasteiger partial charge in [-0.2, -0.15) is 0 Å². The number of rotatable bonds is 5. The first kappa shape index (κ1) is 18.7. The second kappa shape index (κ2) is 9.66. The Balaban J connectivity index is 0.00000242. The van der Waals surface area contributed by atoms with Crippen LogP contribution in [0.25, 0.3) is 0 Å². The van der Waals surface area contributed by atoms with Crippen molar-refractivity contribution >= 4 is 41.5 Å². The summed E-state index contributed by atoms with van der Waals surface area (Å²) < 4.78 is 0. The molecule has 5 nitrogen and oxygen atoms in total. The number of amides is 1. The summed E-state index contributed by atoms with van der Waals surface area (Å²) in [7, 11) is 0. The van der Waals surface area contributed by atoms with Gasteiger partial charge in [0.25, 0.3) is 0 Å². The Labute approximate surface area is 149 Å². The number of carbonyl (C=O) groups is 1. The van der Waals surface area contributed by atoms with Crippen LogP contribution in [0.3, 0.4) is 0 Å². The van der Waals surface area contributed by atoms with Gasteiger partial charge in [-0.3, -0.25) is 4.79 Å². The lowest BCUT2D eigenvalue weighted by atomic mass is 9.90. The van der Waals surface area contributed by atoms with E-state index in [1.165, 1.54) is 24.0 Å². The van der Waals surface area contributed by atoms with E-state index < -0.39 is 0 Å². The minimum Gasteiger partial charge on any atom is -0.370 e. The van der Waals surface area contributed by atoms with Gasteiger partial charge in [-0.1, -0.05) is 19.1 Å². The van der Waals surface area contributed by atoms with Crippen LogP contribution in [0.1, 0.15) is 37.3 Å². The number of benzene rings is 1. The third kappa shape index (κ3) is 5.47. The maximum Gasteiger partial charge on any atom is 0.241 e. The molecule has 22 heavy (non-hydrogen) atoms. The molecule has 1 aromatic rings. The molecular weight excluding hydrogens is 391 g/mol. The molecule has 0 saturated heterocycles. The smallest absolute Gasteiger partial charge is 0.241 e. The zero-order chi connectivity index (χ0) is 15.1. The van der Waals surface area contributed by atoms with E-state index in [4.69, 9.17) is 5.73 Å². The number of aryl methyl sites for hydroxylation is 1. The number of aliphatic imine (C=N–C) groups is 1. The van der Waals surface area contributed by atoms with E-state index in [0.717, 1.165) is 24.9 Å². The van der Waals surface area contributed by atoms with Crippen molar-refractivity contribution in [2.75, 3.05) is 18.4 Å². The Hall–Kier alpha value is -1.31. The molecule has 1 aliphatic carbocycles. The quantitative estimate of drug-likeness (QED) is 0.392. The first-order chi connectivity index (χ1) is 10.2. The molecule has 0 unspecified atom stereocenters. The van der Waals surface area contributed by atoms with Gasteiger partial charge < -0.3 is 16.4 Å². The van der Waals surface area contributed by atoms with Gasteiger partial charge in [0.2, 0.25) is 5.91 Å². The van der Waals surface area contributed by atoms with Crippen molar-refractivity contribution in [3.63, 3.8) is 0 Å². The van der Waals surface area contributed by atoms with Crippen LogP contribution in [0.5, 0.6) is 0 Å². The fraction of sp³-hybridized carbons (Fsp3) is 0.500. The number of fused-ring (bicyclic) bond motifs is 1. The van der Waals surface area contributed by atoms with Crippen LogP contribution in [-0.4, -0.2) is 25.0 Å². The van der Waals surface area contributed by atoms with Crippen LogP contribution in [0.2, 0.25) is 0 Å². The molecule has 1 aliphatic rings. The molecule has 0 spiro atoms. The molecule has 122 valence electrons. The Bertz CT molecular complexity index is 531. The number of hydrogen-bond donors (Lipinski definition) is 3. The predicted molar refractivity (Wildman–Crippen MR) is 102 cm³/mol. The highest BCUT2D eigenvalue weighted by Crippen LogP contribution is 2.27. The van der Waals surface area contributed by atoms with E-state index in [9.17, 15) is 4.79 Å². The molecule has 1 amide bonds. The molecule has 2 rings (SSSR count). The molecule has 0 aliphatic heterocycles. The zero-order valence-electron chi connectivity index (χ0n) is 13.0. The standard InChI is InChI=1S/C16H24N4O.HI/c1-2-10-18-15(21)11-19-16(17)20-14-9-5-7-12-6-3-4-8-13(12)14;/h5,7,9H,2-4,6,8,10-11H2,1H3,(H,18,21)(H3,17,19,20);1H. The van der Waals surface area contributed by atoms with E-state index in [-0.39, 0.29) is 36.4 Å². The minimum absolute atomic E-state index is 0. The second-order valence-corrected chi connectivity index (χ2v) is 5.33. The maximum absolute atomic E-state index is 11.5. The summed E-state index contributed by atoms with van der Waals surface area (Å²) in [5, 5.41) is 5.90. The largest absolute Gasteiger partial charge is 0.370 e. The van der Waals surface area contributed by atoms with Crippen molar-refractivity contribution in [2.24, 2.45) is 10.7 Å². The lowest BCUT2D eigenvalue weighted by Gasteiger charge is -2.19. The molecule has 0 aromatic heterocycles. The van der Waals surface area contributed by atoms with Gasteiger partial charge in [0, 0.05) is 12.2 Å². The number of nitrogens with two attached hydrogens (primary N) is 1. The minimum atomic E-state index is -0.100. The highest BCUT2D eigenvalue weighted by atomic mass is 127. The van der Waals surface area contributed by atoms with Crippen LogP contribution in [0.4, 0.5) is 5.69 Å². The molecule has 0 atom stereocenters. The summed E-state index contributed by atoms with van der Waals surface area (Å²) in [5.41, 5.74) is 9.61. The molecule has 0 bridgehead atoms. The predicted octanol–water partition coefficient (Wildman–Crippen LogP) is 2.44. The monoisotopic (exact) mass is 416 g/mol. The number of nitrogens with one attached hydrogen (secondary N) is 2. The molecule has 0 saturated carbocycles. The van der Waals surface area contributed by atoms with Crippen LogP contribution in [-0.2, 0) is 17.6 Å². The fourth-order valence-electron chi connectivity index (χ4n) is 2.55.